The van der Waals surface area contributed by atoms with Crippen LogP contribution in [0.4, 0.5) is 0 Å². The molecule has 2 aliphatic heterocycles. The number of hydrogen-bond acceptors (Lipinski definition) is 11. The molecule has 0 unspecified atom stereocenters. The quantitative estimate of drug-likeness (QED) is 0.220. The summed E-state index contributed by atoms with van der Waals surface area (Å²) in [6.45, 7) is -1.35. The zero-order valence-corrected chi connectivity index (χ0v) is 12.0. The highest BCUT2D eigenvalue weighted by Crippen LogP contribution is 2.28. The normalized spacial score (nSPS) is 49.5. The monoisotopic (exact) mass is 368 g/mol. The van der Waals surface area contributed by atoms with E-state index in [1.54, 1.807) is 0 Å². The third-order valence-corrected chi connectivity index (χ3v) is 3.98. The lowest BCUT2D eigenvalue weighted by atomic mass is 9.97. The van der Waals surface area contributed by atoms with E-state index in [1.165, 1.54) is 0 Å². The molecular weight excluding hydrogens is 344 g/mol. The summed E-state index contributed by atoms with van der Waals surface area (Å²) in [5.41, 5.74) is 0. The van der Waals surface area contributed by atoms with Gasteiger partial charge in [0.1, 0.15) is 48.8 Å². The van der Waals surface area contributed by atoms with Crippen molar-refractivity contribution in [2.24, 2.45) is 0 Å². The van der Waals surface area contributed by atoms with Crippen LogP contribution in [0.15, 0.2) is 0 Å². The van der Waals surface area contributed by atoms with E-state index in [2.05, 4.69) is 0 Å². The molecule has 8 N–H and O–H groups in total. The maximum atomic E-state index is 9.94. The Morgan fingerprint density at radius 3 is 1.79 bits per heavy atom. The van der Waals surface area contributed by atoms with Gasteiger partial charge < -0.3 is 55.1 Å². The SMILES string of the molecule is OC[C@H]1O[C@@H](O[C@H]2[C@H](O)[C@@H](O)[C@@H](O)O[C@@H]2CO)[C@H](O)[C@@H](O)[C@H]1O.[MgH2]. The fourth-order valence-electron chi connectivity index (χ4n) is 2.57. The molecule has 2 saturated heterocycles. The molecule has 0 aromatic heterocycles. The zero-order valence-electron chi connectivity index (χ0n) is 12.0. The number of rotatable bonds is 4. The van der Waals surface area contributed by atoms with Gasteiger partial charge in [-0.2, -0.15) is 0 Å². The lowest BCUT2D eigenvalue weighted by Gasteiger charge is -2.45. The number of aliphatic hydroxyl groups excluding tert-OH is 8. The predicted octanol–water partition coefficient (Wildman–Crippen LogP) is -6.31. The number of hydrogen-bond donors (Lipinski definition) is 8. The van der Waals surface area contributed by atoms with E-state index in [1.807, 2.05) is 0 Å². The van der Waals surface area contributed by atoms with Crippen molar-refractivity contribution in [3.05, 3.63) is 0 Å². The molecule has 2 heterocycles. The van der Waals surface area contributed by atoms with Crippen LogP contribution in [0.2, 0.25) is 0 Å². The molecule has 2 rings (SSSR count). The molecule has 0 amide bonds. The average Bonchev–Trinajstić information content (AvgIpc) is 2.55. The van der Waals surface area contributed by atoms with E-state index in [9.17, 15) is 35.7 Å². The molecule has 140 valence electrons. The van der Waals surface area contributed by atoms with Crippen LogP contribution in [-0.4, -0.2) is 139 Å². The second-order valence-corrected chi connectivity index (χ2v) is 5.53. The van der Waals surface area contributed by atoms with Crippen molar-refractivity contribution >= 4 is 23.1 Å². The Kier molecular flexibility index (Phi) is 8.68. The topological polar surface area (TPSA) is 190 Å². The molecule has 0 aromatic carbocycles. The first-order chi connectivity index (χ1) is 10.8. The summed E-state index contributed by atoms with van der Waals surface area (Å²) in [4.78, 5) is 0. The standard InChI is InChI=1S/C12H22O11.Mg.2H/c13-1-3-5(15)6(16)9(19)12(22-3)23-10-4(2-14)21-11(20)8(18)7(10)17;;;/h3-20H,1-2H2;;;/t3-,4-,5+,6+,7-,8-,9-,10-,11+,12+;;;/m1.../s1. The van der Waals surface area contributed by atoms with Gasteiger partial charge in [0.05, 0.1) is 13.2 Å². The molecule has 2 fully saturated rings. The lowest BCUT2D eigenvalue weighted by Crippen LogP contribution is -2.64. The third-order valence-electron chi connectivity index (χ3n) is 3.98. The first-order valence-corrected chi connectivity index (χ1v) is 7.08. The second kappa shape index (κ2) is 9.32. The van der Waals surface area contributed by atoms with Crippen molar-refractivity contribution in [2.75, 3.05) is 13.2 Å². The molecule has 0 spiro atoms. The Morgan fingerprint density at radius 2 is 1.25 bits per heavy atom. The second-order valence-electron chi connectivity index (χ2n) is 5.53. The molecule has 0 saturated carbocycles. The summed E-state index contributed by atoms with van der Waals surface area (Å²) in [5.74, 6) is 0. The van der Waals surface area contributed by atoms with E-state index in [4.69, 9.17) is 19.3 Å². The van der Waals surface area contributed by atoms with Crippen molar-refractivity contribution < 1.29 is 55.1 Å². The van der Waals surface area contributed by atoms with Crippen molar-refractivity contribution in [3.63, 3.8) is 0 Å². The minimum Gasteiger partial charge on any atom is -0.394 e. The Labute approximate surface area is 153 Å². The van der Waals surface area contributed by atoms with Crippen LogP contribution in [0.3, 0.4) is 0 Å². The largest absolute Gasteiger partial charge is 0.394 e. The molecule has 0 bridgehead atoms. The van der Waals surface area contributed by atoms with Crippen molar-refractivity contribution in [2.45, 2.75) is 61.4 Å². The summed E-state index contributed by atoms with van der Waals surface area (Å²) < 4.78 is 15.3. The Morgan fingerprint density at radius 1 is 0.667 bits per heavy atom. The van der Waals surface area contributed by atoms with Gasteiger partial charge in [-0.1, -0.05) is 0 Å². The molecule has 24 heavy (non-hydrogen) atoms. The fourth-order valence-corrected chi connectivity index (χ4v) is 2.57. The third kappa shape index (κ3) is 4.35. The lowest BCUT2D eigenvalue weighted by molar-refractivity contribution is -0.355. The van der Waals surface area contributed by atoms with Crippen LogP contribution in [-0.2, 0) is 14.2 Å². The van der Waals surface area contributed by atoms with Crippen molar-refractivity contribution in [3.8, 4) is 0 Å². The maximum Gasteiger partial charge on any atom is 0.316 e. The van der Waals surface area contributed by atoms with Gasteiger partial charge in [-0.3, -0.25) is 0 Å². The molecule has 0 aliphatic carbocycles. The molecule has 2 aliphatic rings. The summed E-state index contributed by atoms with van der Waals surface area (Å²) >= 11 is 0. The highest BCUT2D eigenvalue weighted by atomic mass is 24.3. The van der Waals surface area contributed by atoms with Gasteiger partial charge in [0.25, 0.3) is 0 Å². The van der Waals surface area contributed by atoms with Crippen molar-refractivity contribution in [1.82, 2.24) is 0 Å². The average molecular weight is 369 g/mol. The molecule has 10 atom stereocenters. The molecular formula is C12H24MgO11. The molecule has 11 nitrogen and oxygen atoms in total. The van der Waals surface area contributed by atoms with Crippen LogP contribution < -0.4 is 0 Å². The van der Waals surface area contributed by atoms with Crippen LogP contribution in [0.5, 0.6) is 0 Å². The van der Waals surface area contributed by atoms with E-state index < -0.39 is 74.6 Å². The van der Waals surface area contributed by atoms with Crippen LogP contribution in [0, 0.1) is 0 Å². The zero-order chi connectivity index (χ0) is 17.3. The molecule has 0 radical (unpaired) electrons. The predicted molar refractivity (Wildman–Crippen MR) is 77.2 cm³/mol. The highest BCUT2D eigenvalue weighted by Gasteiger charge is 2.50. The van der Waals surface area contributed by atoms with Crippen LogP contribution in [0.25, 0.3) is 0 Å². The smallest absolute Gasteiger partial charge is 0.316 e. The summed E-state index contributed by atoms with van der Waals surface area (Å²) in [6.07, 6.45) is -15.6. The van der Waals surface area contributed by atoms with Gasteiger partial charge in [0.15, 0.2) is 12.6 Å². The summed E-state index contributed by atoms with van der Waals surface area (Å²) in [6, 6.07) is 0. The fraction of sp³-hybridized carbons (Fsp3) is 1.00. The Hall–Kier alpha value is 0.326. The number of ether oxygens (including phenoxy) is 3. The number of aliphatic hydroxyl groups is 8. The van der Waals surface area contributed by atoms with Gasteiger partial charge in [0.2, 0.25) is 0 Å². The van der Waals surface area contributed by atoms with E-state index in [0.717, 1.165) is 0 Å². The van der Waals surface area contributed by atoms with Crippen molar-refractivity contribution in [1.29, 1.82) is 0 Å². The van der Waals surface area contributed by atoms with E-state index in [-0.39, 0.29) is 23.1 Å². The van der Waals surface area contributed by atoms with Gasteiger partial charge in [-0.15, -0.1) is 0 Å². The molecule has 12 heteroatoms. The van der Waals surface area contributed by atoms with E-state index in [0.29, 0.717) is 0 Å². The Balaban J connectivity index is 0.00000288. The van der Waals surface area contributed by atoms with Gasteiger partial charge in [-0.25, -0.2) is 0 Å². The van der Waals surface area contributed by atoms with Crippen LogP contribution in [0.1, 0.15) is 0 Å². The molecule has 0 aromatic rings. The first-order valence-electron chi connectivity index (χ1n) is 7.08. The summed E-state index contributed by atoms with van der Waals surface area (Å²) in [5, 5.41) is 76.5. The van der Waals surface area contributed by atoms with Gasteiger partial charge >= 0.3 is 23.1 Å². The van der Waals surface area contributed by atoms with Gasteiger partial charge in [-0.05, 0) is 0 Å². The van der Waals surface area contributed by atoms with Gasteiger partial charge in [0, 0.05) is 0 Å². The maximum absolute atomic E-state index is 9.94. The summed E-state index contributed by atoms with van der Waals surface area (Å²) in [7, 11) is 0. The minimum atomic E-state index is -1.74. The van der Waals surface area contributed by atoms with Crippen LogP contribution >= 0.6 is 0 Å². The minimum absolute atomic E-state index is 0. The highest BCUT2D eigenvalue weighted by molar-refractivity contribution is 5.75. The first kappa shape index (κ1) is 22.4. The Bertz CT molecular complexity index is 384. The van der Waals surface area contributed by atoms with E-state index >= 15 is 0 Å².